The summed E-state index contributed by atoms with van der Waals surface area (Å²) in [7, 11) is 1.99. The second-order valence-electron chi connectivity index (χ2n) is 6.74. The van der Waals surface area contributed by atoms with E-state index < -0.39 is 0 Å². The van der Waals surface area contributed by atoms with Crippen LogP contribution in [0.25, 0.3) is 10.8 Å². The lowest BCUT2D eigenvalue weighted by Crippen LogP contribution is -2.34. The number of ether oxygens (including phenoxy) is 1. The topological polar surface area (TPSA) is 34.5 Å². The predicted octanol–water partition coefficient (Wildman–Crippen LogP) is 4.85. The molecule has 2 aromatic heterocycles. The summed E-state index contributed by atoms with van der Waals surface area (Å²) in [4.78, 5) is 16.0. The van der Waals surface area contributed by atoms with E-state index >= 15 is 0 Å². The summed E-state index contributed by atoms with van der Waals surface area (Å²) in [5, 5.41) is 4.29. The summed E-state index contributed by atoms with van der Waals surface area (Å²) in [6, 6.07) is 22.1. The van der Waals surface area contributed by atoms with Crippen LogP contribution in [-0.4, -0.2) is 22.0 Å². The highest BCUT2D eigenvalue weighted by molar-refractivity contribution is 7.09. The van der Waals surface area contributed by atoms with Gasteiger partial charge in [0, 0.05) is 23.8 Å². The number of hydrogen-bond donors (Lipinski definition) is 0. The average molecular weight is 391 g/mol. The molecule has 0 aliphatic carbocycles. The van der Waals surface area contributed by atoms with E-state index in [-0.39, 0.29) is 12.5 Å². The molecule has 0 spiro atoms. The zero-order chi connectivity index (χ0) is 19.3. The number of aryl methyl sites for hydroxylation is 1. The Bertz CT molecular complexity index is 1070. The molecule has 0 radical (unpaired) electrons. The molecule has 0 unspecified atom stereocenters. The van der Waals surface area contributed by atoms with Crippen LogP contribution >= 0.6 is 11.3 Å². The van der Waals surface area contributed by atoms with E-state index in [1.165, 1.54) is 0 Å². The second kappa shape index (κ2) is 8.31. The van der Waals surface area contributed by atoms with E-state index in [2.05, 4.69) is 12.1 Å². The van der Waals surface area contributed by atoms with Gasteiger partial charge in [0.15, 0.2) is 6.61 Å². The standard InChI is InChI=1S/C23H22N2O2S/c1-24-12-4-8-20(24)15-25(16-22-9-5-13-28-22)23(26)17-27-21-11-10-18-6-2-3-7-19(18)14-21/h2-14H,15-17H2,1H3. The molecule has 0 aliphatic heterocycles. The molecule has 0 atom stereocenters. The van der Waals surface area contributed by atoms with Crippen LogP contribution in [0.5, 0.6) is 5.75 Å². The average Bonchev–Trinajstić information content (AvgIpc) is 3.37. The molecule has 0 fully saturated rings. The first-order chi connectivity index (χ1) is 13.7. The van der Waals surface area contributed by atoms with E-state index in [4.69, 9.17) is 4.74 Å². The van der Waals surface area contributed by atoms with Crippen LogP contribution in [-0.2, 0) is 24.9 Å². The quantitative estimate of drug-likeness (QED) is 0.452. The first kappa shape index (κ1) is 18.3. The number of benzene rings is 2. The number of amides is 1. The molecule has 142 valence electrons. The Morgan fingerprint density at radius 1 is 1.00 bits per heavy atom. The van der Waals surface area contributed by atoms with Crippen LogP contribution < -0.4 is 4.74 Å². The Hall–Kier alpha value is -3.05. The van der Waals surface area contributed by atoms with Gasteiger partial charge in [-0.15, -0.1) is 11.3 Å². The van der Waals surface area contributed by atoms with E-state index in [9.17, 15) is 4.79 Å². The highest BCUT2D eigenvalue weighted by Crippen LogP contribution is 2.21. The summed E-state index contributed by atoms with van der Waals surface area (Å²) in [6.07, 6.45) is 1.99. The van der Waals surface area contributed by atoms with Gasteiger partial charge in [-0.2, -0.15) is 0 Å². The fourth-order valence-electron chi connectivity index (χ4n) is 3.17. The van der Waals surface area contributed by atoms with E-state index in [1.54, 1.807) is 11.3 Å². The maximum Gasteiger partial charge on any atom is 0.261 e. The van der Waals surface area contributed by atoms with Crippen molar-refractivity contribution < 1.29 is 9.53 Å². The third-order valence-corrected chi connectivity index (χ3v) is 5.63. The van der Waals surface area contributed by atoms with E-state index in [1.807, 2.05) is 82.7 Å². The number of carbonyl (C=O) groups is 1. The van der Waals surface area contributed by atoms with Gasteiger partial charge in [-0.1, -0.05) is 36.4 Å². The molecule has 1 amide bonds. The van der Waals surface area contributed by atoms with Gasteiger partial charge in [0.25, 0.3) is 5.91 Å². The summed E-state index contributed by atoms with van der Waals surface area (Å²) >= 11 is 1.66. The summed E-state index contributed by atoms with van der Waals surface area (Å²) in [5.74, 6) is 0.685. The van der Waals surface area contributed by atoms with Crippen molar-refractivity contribution >= 4 is 28.0 Å². The first-order valence-electron chi connectivity index (χ1n) is 9.21. The minimum Gasteiger partial charge on any atom is -0.484 e. The van der Waals surface area contributed by atoms with Gasteiger partial charge in [0.05, 0.1) is 13.1 Å². The molecule has 2 heterocycles. The maximum absolute atomic E-state index is 12.9. The number of carbonyl (C=O) groups excluding carboxylic acids is 1. The van der Waals surface area contributed by atoms with Crippen molar-refractivity contribution in [3.63, 3.8) is 0 Å². The van der Waals surface area contributed by atoms with Crippen molar-refractivity contribution in [2.75, 3.05) is 6.61 Å². The molecule has 4 rings (SSSR count). The van der Waals surface area contributed by atoms with Gasteiger partial charge < -0.3 is 14.2 Å². The Morgan fingerprint density at radius 3 is 2.61 bits per heavy atom. The Morgan fingerprint density at radius 2 is 1.86 bits per heavy atom. The fraction of sp³-hybridized carbons (Fsp3) is 0.174. The molecular weight excluding hydrogens is 368 g/mol. The normalized spacial score (nSPS) is 10.9. The molecule has 0 saturated heterocycles. The van der Waals surface area contributed by atoms with E-state index in [0.717, 1.165) is 21.3 Å². The number of fused-ring (bicyclic) bond motifs is 1. The highest BCUT2D eigenvalue weighted by atomic mass is 32.1. The molecular formula is C23H22N2O2S. The minimum atomic E-state index is -0.0252. The van der Waals surface area contributed by atoms with Crippen molar-refractivity contribution in [2.45, 2.75) is 13.1 Å². The van der Waals surface area contributed by atoms with E-state index in [0.29, 0.717) is 18.8 Å². The fourth-order valence-corrected chi connectivity index (χ4v) is 3.89. The first-order valence-corrected chi connectivity index (χ1v) is 10.1. The summed E-state index contributed by atoms with van der Waals surface area (Å²) in [6.45, 7) is 1.16. The van der Waals surface area contributed by atoms with Crippen molar-refractivity contribution in [1.29, 1.82) is 0 Å². The van der Waals surface area contributed by atoms with Crippen LogP contribution in [0.4, 0.5) is 0 Å². The summed E-state index contributed by atoms with van der Waals surface area (Å²) < 4.78 is 7.87. The monoisotopic (exact) mass is 390 g/mol. The molecule has 0 bridgehead atoms. The third-order valence-electron chi connectivity index (χ3n) is 4.77. The van der Waals surface area contributed by atoms with Gasteiger partial charge in [0.1, 0.15) is 5.75 Å². The number of nitrogens with zero attached hydrogens (tertiary/aromatic N) is 2. The molecule has 0 aliphatic rings. The van der Waals surface area contributed by atoms with Crippen LogP contribution in [0.3, 0.4) is 0 Å². The Kier molecular flexibility index (Phi) is 5.44. The largest absolute Gasteiger partial charge is 0.484 e. The van der Waals surface area contributed by atoms with Crippen LogP contribution in [0.1, 0.15) is 10.6 Å². The second-order valence-corrected chi connectivity index (χ2v) is 7.77. The lowest BCUT2D eigenvalue weighted by Gasteiger charge is -2.22. The molecule has 28 heavy (non-hydrogen) atoms. The SMILES string of the molecule is Cn1cccc1CN(Cc1cccs1)C(=O)COc1ccc2ccccc2c1. The van der Waals surface area contributed by atoms with Gasteiger partial charge in [-0.25, -0.2) is 0 Å². The number of aromatic nitrogens is 1. The smallest absolute Gasteiger partial charge is 0.261 e. The zero-order valence-corrected chi connectivity index (χ0v) is 16.6. The van der Waals surface area contributed by atoms with Gasteiger partial charge >= 0.3 is 0 Å². The summed E-state index contributed by atoms with van der Waals surface area (Å²) in [5.41, 5.74) is 1.09. The van der Waals surface area contributed by atoms with Crippen molar-refractivity contribution in [3.8, 4) is 5.75 Å². The van der Waals surface area contributed by atoms with Crippen molar-refractivity contribution in [3.05, 3.63) is 88.9 Å². The van der Waals surface area contributed by atoms with Gasteiger partial charge in [-0.05, 0) is 46.5 Å². The molecule has 4 aromatic rings. The molecule has 0 saturated carbocycles. The van der Waals surface area contributed by atoms with Crippen molar-refractivity contribution in [1.82, 2.24) is 9.47 Å². The number of hydrogen-bond acceptors (Lipinski definition) is 3. The third kappa shape index (κ3) is 4.26. The maximum atomic E-state index is 12.9. The highest BCUT2D eigenvalue weighted by Gasteiger charge is 2.17. The Balaban J connectivity index is 1.46. The predicted molar refractivity (Wildman–Crippen MR) is 113 cm³/mol. The Labute approximate surface area is 168 Å². The van der Waals surface area contributed by atoms with Crippen LogP contribution in [0.15, 0.2) is 78.3 Å². The number of rotatable bonds is 7. The van der Waals surface area contributed by atoms with Gasteiger partial charge in [0.2, 0.25) is 0 Å². The molecule has 2 aromatic carbocycles. The minimum absolute atomic E-state index is 0.0220. The lowest BCUT2D eigenvalue weighted by molar-refractivity contribution is -0.134. The molecule has 4 nitrogen and oxygen atoms in total. The van der Waals surface area contributed by atoms with Crippen molar-refractivity contribution in [2.24, 2.45) is 7.05 Å². The molecule has 0 N–H and O–H groups in total. The van der Waals surface area contributed by atoms with Crippen LogP contribution in [0.2, 0.25) is 0 Å². The van der Waals surface area contributed by atoms with Gasteiger partial charge in [-0.3, -0.25) is 4.79 Å². The molecule has 5 heteroatoms. The van der Waals surface area contributed by atoms with Crippen LogP contribution in [0, 0.1) is 0 Å². The zero-order valence-electron chi connectivity index (χ0n) is 15.7. The lowest BCUT2D eigenvalue weighted by atomic mass is 10.1. The number of thiophene rings is 1.